The second-order valence-electron chi connectivity index (χ2n) is 8.38. The van der Waals surface area contributed by atoms with Crippen molar-refractivity contribution < 1.29 is 19.3 Å². The summed E-state index contributed by atoms with van der Waals surface area (Å²) in [5, 5.41) is 14.4. The quantitative estimate of drug-likeness (QED) is 0.302. The fourth-order valence-electron chi connectivity index (χ4n) is 4.02. The molecule has 1 aliphatic rings. The van der Waals surface area contributed by atoms with E-state index in [1.165, 1.54) is 12.1 Å². The predicted molar refractivity (Wildman–Crippen MR) is 141 cm³/mol. The SMILES string of the molecule is COc1cc2c(Nc3cc(O)c(Cl)cc3Cl)c(N)cnc2cc1OCCCCCN1CCOCC1. The number of nitrogens with two attached hydrogens (primary N) is 1. The molecule has 3 aromatic rings. The number of phenols is 1. The van der Waals surface area contributed by atoms with Gasteiger partial charge in [0, 0.05) is 30.6 Å². The minimum absolute atomic E-state index is 0.0892. The summed E-state index contributed by atoms with van der Waals surface area (Å²) in [6, 6.07) is 6.59. The van der Waals surface area contributed by atoms with Gasteiger partial charge in [-0.1, -0.05) is 23.2 Å². The Bertz CT molecular complexity index is 1170. The Balaban J connectivity index is 1.45. The van der Waals surface area contributed by atoms with E-state index < -0.39 is 0 Å². The van der Waals surface area contributed by atoms with Gasteiger partial charge in [-0.3, -0.25) is 9.88 Å². The maximum absolute atomic E-state index is 9.99. The van der Waals surface area contributed by atoms with Gasteiger partial charge in [-0.15, -0.1) is 0 Å². The Morgan fingerprint density at radius 2 is 1.89 bits per heavy atom. The lowest BCUT2D eigenvalue weighted by atomic mass is 10.1. The standard InChI is InChI=1S/C25H30Cl2N4O4/c1-33-23-11-16-20(14-24(23)35-8-4-2-3-5-31-6-9-34-10-7-31)29-15-19(28)25(16)30-21-13-22(32)18(27)12-17(21)26/h11-15,32H,2-10,28H2,1H3,(H,29,30). The van der Waals surface area contributed by atoms with Crippen molar-refractivity contribution in [3.05, 3.63) is 40.5 Å². The number of hydrogen-bond donors (Lipinski definition) is 3. The first-order chi connectivity index (χ1) is 17.0. The highest BCUT2D eigenvalue weighted by Crippen LogP contribution is 2.41. The van der Waals surface area contributed by atoms with Crippen molar-refractivity contribution >= 4 is 51.2 Å². The molecule has 0 atom stereocenters. The number of fused-ring (bicyclic) bond motifs is 1. The van der Waals surface area contributed by atoms with Gasteiger partial charge in [0.2, 0.25) is 0 Å². The van der Waals surface area contributed by atoms with E-state index in [0.29, 0.717) is 45.7 Å². The molecule has 2 aromatic carbocycles. The molecule has 8 nitrogen and oxygen atoms in total. The van der Waals surface area contributed by atoms with Gasteiger partial charge in [0.25, 0.3) is 0 Å². The molecule has 4 rings (SSSR count). The number of nitrogens with zero attached hydrogens (tertiary/aromatic N) is 2. The van der Waals surface area contributed by atoms with Crippen LogP contribution >= 0.6 is 23.2 Å². The number of benzene rings is 2. The zero-order chi connectivity index (χ0) is 24.8. The number of hydrogen-bond acceptors (Lipinski definition) is 8. The molecule has 10 heteroatoms. The first-order valence-electron chi connectivity index (χ1n) is 11.6. The molecule has 0 amide bonds. The van der Waals surface area contributed by atoms with Crippen molar-refractivity contribution in [3.8, 4) is 17.2 Å². The molecule has 35 heavy (non-hydrogen) atoms. The van der Waals surface area contributed by atoms with Gasteiger partial charge in [-0.05, 0) is 37.9 Å². The normalized spacial score (nSPS) is 14.3. The fraction of sp³-hybridized carbons (Fsp3) is 0.400. The third kappa shape index (κ3) is 6.32. The average Bonchev–Trinajstić information content (AvgIpc) is 2.86. The van der Waals surface area contributed by atoms with E-state index in [4.69, 9.17) is 43.1 Å². The summed E-state index contributed by atoms with van der Waals surface area (Å²) in [6.07, 6.45) is 4.74. The minimum atomic E-state index is -0.0892. The summed E-state index contributed by atoms with van der Waals surface area (Å²) in [7, 11) is 1.59. The molecule has 1 fully saturated rings. The molecule has 0 bridgehead atoms. The number of morpholine rings is 1. The number of pyridine rings is 1. The summed E-state index contributed by atoms with van der Waals surface area (Å²) in [5.41, 5.74) is 8.37. The molecule has 0 aliphatic carbocycles. The van der Waals surface area contributed by atoms with E-state index in [1.807, 2.05) is 12.1 Å². The number of nitrogen functional groups attached to an aromatic ring is 1. The molecule has 0 radical (unpaired) electrons. The van der Waals surface area contributed by atoms with Gasteiger partial charge in [0.1, 0.15) is 5.75 Å². The van der Waals surface area contributed by atoms with E-state index in [0.717, 1.165) is 57.5 Å². The Hall–Kier alpha value is -2.65. The number of methoxy groups -OCH3 is 1. The maximum Gasteiger partial charge on any atom is 0.163 e. The number of unbranched alkanes of at least 4 members (excludes halogenated alkanes) is 2. The highest BCUT2D eigenvalue weighted by molar-refractivity contribution is 6.37. The van der Waals surface area contributed by atoms with Crippen LogP contribution in [-0.4, -0.2) is 61.6 Å². The summed E-state index contributed by atoms with van der Waals surface area (Å²) in [6.45, 7) is 5.38. The fourth-order valence-corrected chi connectivity index (χ4v) is 4.45. The molecule has 1 saturated heterocycles. The number of halogens is 2. The van der Waals surface area contributed by atoms with E-state index in [-0.39, 0.29) is 10.8 Å². The first-order valence-corrected chi connectivity index (χ1v) is 12.4. The monoisotopic (exact) mass is 520 g/mol. The van der Waals surface area contributed by atoms with Gasteiger partial charge in [0.05, 0.1) is 65.8 Å². The van der Waals surface area contributed by atoms with E-state index in [9.17, 15) is 5.11 Å². The Morgan fingerprint density at radius 3 is 2.66 bits per heavy atom. The number of aromatic nitrogens is 1. The number of nitrogens with one attached hydrogen (secondary N) is 1. The summed E-state index contributed by atoms with van der Waals surface area (Å²) < 4.78 is 17.0. The number of phenolic OH excluding ortho intramolecular Hbond substituents is 1. The Morgan fingerprint density at radius 1 is 1.09 bits per heavy atom. The molecule has 0 spiro atoms. The van der Waals surface area contributed by atoms with Crippen molar-refractivity contribution in [3.63, 3.8) is 0 Å². The first kappa shape index (κ1) is 25.4. The predicted octanol–water partition coefficient (Wildman–Crippen LogP) is 5.46. The summed E-state index contributed by atoms with van der Waals surface area (Å²) >= 11 is 12.3. The lowest BCUT2D eigenvalue weighted by Gasteiger charge is -2.26. The van der Waals surface area contributed by atoms with Gasteiger partial charge in [-0.2, -0.15) is 0 Å². The van der Waals surface area contributed by atoms with Gasteiger partial charge in [0.15, 0.2) is 11.5 Å². The number of ether oxygens (including phenoxy) is 3. The van der Waals surface area contributed by atoms with Gasteiger partial charge in [-0.25, -0.2) is 0 Å². The molecule has 0 unspecified atom stereocenters. The maximum atomic E-state index is 9.99. The Kier molecular flexibility index (Phi) is 8.62. The topological polar surface area (TPSA) is 102 Å². The summed E-state index contributed by atoms with van der Waals surface area (Å²) in [4.78, 5) is 6.91. The van der Waals surface area contributed by atoms with Crippen LogP contribution in [0.1, 0.15) is 19.3 Å². The largest absolute Gasteiger partial charge is 0.506 e. The van der Waals surface area contributed by atoms with Crippen LogP contribution in [0, 0.1) is 0 Å². The minimum Gasteiger partial charge on any atom is -0.506 e. The average molecular weight is 521 g/mol. The highest BCUT2D eigenvalue weighted by Gasteiger charge is 2.16. The lowest BCUT2D eigenvalue weighted by Crippen LogP contribution is -2.36. The molecule has 0 saturated carbocycles. The molecule has 4 N–H and O–H groups in total. The van der Waals surface area contributed by atoms with Crippen LogP contribution in [-0.2, 0) is 4.74 Å². The lowest BCUT2D eigenvalue weighted by molar-refractivity contribution is 0.0370. The second-order valence-corrected chi connectivity index (χ2v) is 9.19. The molecular formula is C25H30Cl2N4O4. The molecule has 2 heterocycles. The van der Waals surface area contributed by atoms with E-state index >= 15 is 0 Å². The number of rotatable bonds is 10. The highest BCUT2D eigenvalue weighted by atomic mass is 35.5. The zero-order valence-electron chi connectivity index (χ0n) is 19.7. The van der Waals surface area contributed by atoms with Crippen molar-refractivity contribution in [1.29, 1.82) is 0 Å². The van der Waals surface area contributed by atoms with Crippen LogP contribution in [0.5, 0.6) is 17.2 Å². The van der Waals surface area contributed by atoms with Crippen LogP contribution < -0.4 is 20.5 Å². The van der Waals surface area contributed by atoms with Crippen LogP contribution in [0.2, 0.25) is 10.0 Å². The zero-order valence-corrected chi connectivity index (χ0v) is 21.2. The van der Waals surface area contributed by atoms with Crippen LogP contribution in [0.3, 0.4) is 0 Å². The van der Waals surface area contributed by atoms with Crippen molar-refractivity contribution in [1.82, 2.24) is 9.88 Å². The summed E-state index contributed by atoms with van der Waals surface area (Å²) in [5.74, 6) is 1.11. The number of anilines is 3. The van der Waals surface area contributed by atoms with Crippen LogP contribution in [0.25, 0.3) is 10.9 Å². The molecule has 1 aromatic heterocycles. The van der Waals surface area contributed by atoms with Crippen LogP contribution in [0.4, 0.5) is 17.1 Å². The molecule has 1 aliphatic heterocycles. The molecule has 188 valence electrons. The van der Waals surface area contributed by atoms with Gasteiger partial charge < -0.3 is 30.4 Å². The second kappa shape index (κ2) is 11.9. The van der Waals surface area contributed by atoms with Crippen molar-refractivity contribution in [2.75, 3.05) is 57.6 Å². The van der Waals surface area contributed by atoms with Gasteiger partial charge >= 0.3 is 0 Å². The van der Waals surface area contributed by atoms with Crippen molar-refractivity contribution in [2.45, 2.75) is 19.3 Å². The third-order valence-electron chi connectivity index (χ3n) is 5.96. The van der Waals surface area contributed by atoms with E-state index in [2.05, 4.69) is 15.2 Å². The smallest absolute Gasteiger partial charge is 0.163 e. The van der Waals surface area contributed by atoms with Crippen LogP contribution in [0.15, 0.2) is 30.5 Å². The number of aromatic hydroxyl groups is 1. The van der Waals surface area contributed by atoms with E-state index in [1.54, 1.807) is 13.3 Å². The Labute approximate surface area is 214 Å². The third-order valence-corrected chi connectivity index (χ3v) is 6.57. The molecular weight excluding hydrogens is 491 g/mol. The van der Waals surface area contributed by atoms with Crippen molar-refractivity contribution in [2.24, 2.45) is 0 Å².